The third kappa shape index (κ3) is 5.62. The normalized spacial score (nSPS) is 44.0. The molecule has 3 saturated heterocycles. The zero-order chi connectivity index (χ0) is 24.0. The van der Waals surface area contributed by atoms with Gasteiger partial charge in [-0.2, -0.15) is 0 Å². The Bertz CT molecular complexity index is 967. The van der Waals surface area contributed by atoms with Gasteiger partial charge < -0.3 is 10.5 Å². The van der Waals surface area contributed by atoms with E-state index in [1.165, 1.54) is 0 Å². The molecule has 5 aliphatic rings. The molecule has 1 amide bonds. The number of hydrogen-bond acceptors (Lipinski definition) is 7. The van der Waals surface area contributed by atoms with Crippen LogP contribution in [0, 0.1) is 11.8 Å². The number of carbonyl (C=O) groups excluding carboxylic acids is 1. The molecular weight excluding hydrogens is 440 g/mol. The summed E-state index contributed by atoms with van der Waals surface area (Å²) in [4.78, 5) is 25.4. The van der Waals surface area contributed by atoms with E-state index in [4.69, 9.17) is 10.5 Å². The van der Waals surface area contributed by atoms with Crippen molar-refractivity contribution in [2.24, 2.45) is 27.6 Å². The van der Waals surface area contributed by atoms with E-state index in [2.05, 4.69) is 61.6 Å². The van der Waals surface area contributed by atoms with Gasteiger partial charge in [0, 0.05) is 37.8 Å². The highest BCUT2D eigenvalue weighted by Gasteiger charge is 2.50. The van der Waals surface area contributed by atoms with Crippen LogP contribution in [0.5, 0.6) is 0 Å². The Labute approximate surface area is 207 Å². The van der Waals surface area contributed by atoms with Gasteiger partial charge in [-0.05, 0) is 31.4 Å². The Balaban J connectivity index is 1.38. The molecular formula is C27H36N6O2. The molecule has 8 heteroatoms. The van der Waals surface area contributed by atoms with Crippen LogP contribution in [-0.2, 0) is 9.53 Å². The van der Waals surface area contributed by atoms with Gasteiger partial charge in [-0.3, -0.25) is 24.9 Å². The first kappa shape index (κ1) is 24.1. The minimum atomic E-state index is -0.325. The molecule has 8 unspecified atom stereocenters. The number of nitrogens with one attached hydrogen (secondary N) is 1. The number of fused-ring (bicyclic) bond motifs is 4. The molecule has 8 nitrogen and oxygen atoms in total. The lowest BCUT2D eigenvalue weighted by molar-refractivity contribution is -0.122. The van der Waals surface area contributed by atoms with E-state index in [1.54, 1.807) is 12.6 Å². The van der Waals surface area contributed by atoms with Gasteiger partial charge >= 0.3 is 0 Å². The fourth-order valence-electron chi connectivity index (χ4n) is 6.17. The maximum Gasteiger partial charge on any atom is 0.234 e. The number of hydrogen-bond donors (Lipinski definition) is 2. The van der Waals surface area contributed by atoms with Crippen molar-refractivity contribution in [2.45, 2.75) is 43.3 Å². The molecule has 186 valence electrons. The van der Waals surface area contributed by atoms with E-state index in [-0.39, 0.29) is 36.4 Å². The summed E-state index contributed by atoms with van der Waals surface area (Å²) in [6, 6.07) is 0.240. The van der Waals surface area contributed by atoms with Crippen molar-refractivity contribution in [3.8, 4) is 0 Å². The summed E-state index contributed by atoms with van der Waals surface area (Å²) in [6.07, 6.45) is 26.0. The Kier molecular flexibility index (Phi) is 7.83. The van der Waals surface area contributed by atoms with Crippen molar-refractivity contribution in [3.05, 3.63) is 60.8 Å². The van der Waals surface area contributed by atoms with Crippen molar-refractivity contribution in [1.29, 1.82) is 0 Å². The number of primary amides is 1. The van der Waals surface area contributed by atoms with Crippen molar-refractivity contribution >= 4 is 18.5 Å². The number of allylic oxidation sites excluding steroid dienone is 7. The summed E-state index contributed by atoms with van der Waals surface area (Å²) in [5, 5.41) is 3.80. The van der Waals surface area contributed by atoms with Crippen LogP contribution in [0.1, 0.15) is 12.8 Å². The number of amides is 1. The first-order chi connectivity index (χ1) is 17.2. The van der Waals surface area contributed by atoms with Gasteiger partial charge in [0.15, 0.2) is 0 Å². The molecule has 0 saturated carbocycles. The highest BCUT2D eigenvalue weighted by Crippen LogP contribution is 2.41. The average molecular weight is 477 g/mol. The summed E-state index contributed by atoms with van der Waals surface area (Å²) in [5.74, 6) is 0.722. The second kappa shape index (κ2) is 11.4. The van der Waals surface area contributed by atoms with Gasteiger partial charge in [0.2, 0.25) is 5.91 Å². The molecule has 0 aromatic heterocycles. The molecule has 35 heavy (non-hydrogen) atoms. The Morgan fingerprint density at radius 1 is 1.03 bits per heavy atom. The zero-order valence-corrected chi connectivity index (χ0v) is 20.1. The Hall–Kier alpha value is -2.65. The molecule has 4 heterocycles. The number of nitrogens with two attached hydrogens (primary N) is 1. The van der Waals surface area contributed by atoms with Crippen LogP contribution in [0.15, 0.2) is 70.7 Å². The molecule has 4 aliphatic heterocycles. The summed E-state index contributed by atoms with van der Waals surface area (Å²) >= 11 is 0. The smallest absolute Gasteiger partial charge is 0.234 e. The monoisotopic (exact) mass is 476 g/mol. The molecule has 0 aromatic rings. The van der Waals surface area contributed by atoms with Crippen LogP contribution in [0.3, 0.4) is 0 Å². The molecule has 0 radical (unpaired) electrons. The maximum atomic E-state index is 12.2. The maximum absolute atomic E-state index is 12.2. The van der Waals surface area contributed by atoms with Crippen LogP contribution in [0.2, 0.25) is 0 Å². The van der Waals surface area contributed by atoms with Crippen molar-refractivity contribution in [1.82, 2.24) is 15.1 Å². The van der Waals surface area contributed by atoms with E-state index in [1.807, 2.05) is 24.3 Å². The number of rotatable bonds is 1. The first-order valence-electron chi connectivity index (χ1n) is 12.7. The molecule has 0 aromatic carbocycles. The zero-order valence-electron chi connectivity index (χ0n) is 20.1. The van der Waals surface area contributed by atoms with E-state index in [0.29, 0.717) is 37.9 Å². The van der Waals surface area contributed by atoms with E-state index >= 15 is 0 Å². The number of nitrogens with zero attached hydrogens (tertiary/aromatic N) is 4. The fraction of sp³-hybridized carbons (Fsp3) is 0.519. The van der Waals surface area contributed by atoms with Crippen LogP contribution in [-0.4, -0.2) is 91.4 Å². The van der Waals surface area contributed by atoms with Gasteiger partial charge in [-0.1, -0.05) is 54.7 Å². The molecule has 3 N–H and O–H groups in total. The molecule has 1 aliphatic carbocycles. The van der Waals surface area contributed by atoms with Gasteiger partial charge in [-0.15, -0.1) is 0 Å². The average Bonchev–Trinajstić information content (AvgIpc) is 3.46. The lowest BCUT2D eigenvalue weighted by atomic mass is 9.75. The van der Waals surface area contributed by atoms with Gasteiger partial charge in [0.1, 0.15) is 12.6 Å². The Morgan fingerprint density at radius 2 is 1.89 bits per heavy atom. The summed E-state index contributed by atoms with van der Waals surface area (Å²) in [7, 11) is 0. The third-order valence-corrected chi connectivity index (χ3v) is 7.74. The molecule has 3 fully saturated rings. The van der Waals surface area contributed by atoms with E-state index in [9.17, 15) is 4.79 Å². The largest absolute Gasteiger partial charge is 0.368 e. The molecule has 0 spiro atoms. The van der Waals surface area contributed by atoms with Crippen LogP contribution in [0.4, 0.5) is 0 Å². The van der Waals surface area contributed by atoms with Gasteiger partial charge in [0.25, 0.3) is 0 Å². The topological polar surface area (TPSA) is 95.6 Å². The standard InChI is InChI=1S/C27H36N6O2/c28-26(34)24-17-20-18-33(24)16-13-30-19-29-12-7-3-1-2-4-8-14-32-15-11-22-21-9-5-6-10-23(21)31-27(35-20)25(22)32/h1-10,12,19-25,27,31H,11,13-18H2,(H2,28,34)/b2-1-,7-3+,8-4+,29-12+,30-19-. The van der Waals surface area contributed by atoms with Crippen molar-refractivity contribution in [3.63, 3.8) is 0 Å². The quantitative estimate of drug-likeness (QED) is 0.597. The number of aliphatic imine (C=N–C) groups is 2. The van der Waals surface area contributed by atoms with E-state index in [0.717, 1.165) is 19.5 Å². The van der Waals surface area contributed by atoms with Crippen molar-refractivity contribution < 1.29 is 9.53 Å². The summed E-state index contributed by atoms with van der Waals surface area (Å²) in [6.45, 7) is 3.83. The van der Waals surface area contributed by atoms with E-state index < -0.39 is 0 Å². The first-order valence-corrected chi connectivity index (χ1v) is 12.7. The second-order valence-corrected chi connectivity index (χ2v) is 9.82. The highest BCUT2D eigenvalue weighted by molar-refractivity contribution is 5.80. The lowest BCUT2D eigenvalue weighted by Gasteiger charge is -2.47. The predicted molar refractivity (Wildman–Crippen MR) is 139 cm³/mol. The fourth-order valence-corrected chi connectivity index (χ4v) is 6.17. The van der Waals surface area contributed by atoms with Crippen molar-refractivity contribution in [2.75, 3.05) is 32.7 Å². The minimum Gasteiger partial charge on any atom is -0.368 e. The van der Waals surface area contributed by atoms with Crippen LogP contribution in [0.25, 0.3) is 0 Å². The van der Waals surface area contributed by atoms with Gasteiger partial charge in [0.05, 0.1) is 24.7 Å². The summed E-state index contributed by atoms with van der Waals surface area (Å²) < 4.78 is 6.77. The molecule has 2 bridgehead atoms. The third-order valence-electron chi connectivity index (χ3n) is 7.74. The predicted octanol–water partition coefficient (Wildman–Crippen LogP) is 1.44. The van der Waals surface area contributed by atoms with Crippen LogP contribution >= 0.6 is 0 Å². The minimum absolute atomic E-state index is 0.0519. The molecule has 8 atom stereocenters. The molecule has 5 rings (SSSR count). The SMILES string of the molecule is NC(=O)C1CC2CN1CC\N=C/N=C/C=C/C=C\C=C\CN1CCC3C4C=CC=CC4NC(O2)C31. The second-order valence-electron chi connectivity index (χ2n) is 9.82. The van der Waals surface area contributed by atoms with Crippen LogP contribution < -0.4 is 11.1 Å². The number of ether oxygens (including phenoxy) is 1. The highest BCUT2D eigenvalue weighted by atomic mass is 16.5. The lowest BCUT2D eigenvalue weighted by Crippen LogP contribution is -2.62. The number of carbonyl (C=O) groups is 1. The Morgan fingerprint density at radius 3 is 2.80 bits per heavy atom. The summed E-state index contributed by atoms with van der Waals surface area (Å²) in [5.41, 5.74) is 5.76. The number of piperidine rings is 1. The van der Waals surface area contributed by atoms with Gasteiger partial charge in [-0.25, -0.2) is 4.99 Å².